The number of amides is 2. The third-order valence-electron chi connectivity index (χ3n) is 8.82. The molecule has 39 heavy (non-hydrogen) atoms. The van der Waals surface area contributed by atoms with E-state index < -0.39 is 0 Å². The molecule has 210 valence electrons. The average Bonchev–Trinajstić information content (AvgIpc) is 3.60. The maximum atomic E-state index is 16.1. The first kappa shape index (κ1) is 27.3. The number of Topliss-reactive ketones (excluding diaryl/α,β-unsaturated/α-hetero) is 1. The van der Waals surface area contributed by atoms with Crippen LogP contribution in [0.3, 0.4) is 0 Å². The predicted molar refractivity (Wildman–Crippen MR) is 149 cm³/mol. The number of urea groups is 1. The van der Waals surface area contributed by atoms with Gasteiger partial charge in [-0.3, -0.25) is 9.48 Å². The van der Waals surface area contributed by atoms with E-state index in [0.717, 1.165) is 44.9 Å². The standard InChI is InChI=1S/C30H41FN6O2/c1-5-37-25(15-16-32-37)26(38)18-22(20-11-9-19(2)10-12-20)29-33-23-14-13-21(27(31)28(23)34-29)24-8-6-7-17-36(24)30(39)35(3)4/h13-16,19-20,22,24H,5-12,17-18H2,1-4H3,(H,33,34)/t19?,20?,22-,24?/m0/s1. The molecular weight excluding hydrogens is 495 g/mol. The number of benzene rings is 1. The van der Waals surface area contributed by atoms with Gasteiger partial charge in [-0.2, -0.15) is 5.10 Å². The molecule has 2 atom stereocenters. The van der Waals surface area contributed by atoms with Crippen LogP contribution >= 0.6 is 0 Å². The van der Waals surface area contributed by atoms with E-state index in [1.807, 2.05) is 13.0 Å². The molecule has 1 N–H and O–H groups in total. The van der Waals surface area contributed by atoms with Crippen LogP contribution in [0.4, 0.5) is 9.18 Å². The Morgan fingerprint density at radius 2 is 1.90 bits per heavy atom. The lowest BCUT2D eigenvalue weighted by molar-refractivity contribution is 0.0942. The highest BCUT2D eigenvalue weighted by Gasteiger charge is 2.34. The number of imidazole rings is 1. The summed E-state index contributed by atoms with van der Waals surface area (Å²) in [5.74, 6) is 1.21. The normalized spacial score (nSPS) is 22.7. The highest BCUT2D eigenvalue weighted by atomic mass is 19.1. The Morgan fingerprint density at radius 3 is 2.62 bits per heavy atom. The lowest BCUT2D eigenvalue weighted by Gasteiger charge is -2.37. The fourth-order valence-corrected chi connectivity index (χ4v) is 6.55. The van der Waals surface area contributed by atoms with Gasteiger partial charge in [0.2, 0.25) is 0 Å². The molecule has 9 heteroatoms. The SMILES string of the molecule is CCn1nccc1C(=O)C[C@H](c1nc2c(F)c(C3CCCCN3C(=O)N(C)C)ccc2[nH]1)C1CCC(C)CC1. The molecule has 5 rings (SSSR count). The molecule has 3 heterocycles. The van der Waals surface area contributed by atoms with E-state index in [9.17, 15) is 9.59 Å². The highest BCUT2D eigenvalue weighted by molar-refractivity contribution is 5.95. The first-order chi connectivity index (χ1) is 18.8. The van der Waals surface area contributed by atoms with Crippen LogP contribution in [0.25, 0.3) is 11.0 Å². The first-order valence-electron chi connectivity index (χ1n) is 14.5. The molecule has 0 radical (unpaired) electrons. The van der Waals surface area contributed by atoms with Gasteiger partial charge >= 0.3 is 6.03 Å². The smallest absolute Gasteiger partial charge is 0.319 e. The monoisotopic (exact) mass is 536 g/mol. The van der Waals surface area contributed by atoms with Gasteiger partial charge in [0, 0.05) is 51.3 Å². The van der Waals surface area contributed by atoms with E-state index in [1.54, 1.807) is 46.9 Å². The fraction of sp³-hybridized carbons (Fsp3) is 0.600. The Balaban J connectivity index is 1.49. The second-order valence-corrected chi connectivity index (χ2v) is 11.7. The molecule has 0 bridgehead atoms. The number of likely N-dealkylation sites (tertiary alicyclic amines) is 1. The lowest BCUT2D eigenvalue weighted by Crippen LogP contribution is -2.44. The number of aromatic nitrogens is 4. The van der Waals surface area contributed by atoms with E-state index in [-0.39, 0.29) is 29.6 Å². The second-order valence-electron chi connectivity index (χ2n) is 11.7. The molecule has 1 aliphatic heterocycles. The zero-order valence-electron chi connectivity index (χ0n) is 23.6. The number of rotatable bonds is 7. The minimum atomic E-state index is -0.371. The summed E-state index contributed by atoms with van der Waals surface area (Å²) in [6, 6.07) is 5.04. The maximum absolute atomic E-state index is 16.1. The predicted octanol–water partition coefficient (Wildman–Crippen LogP) is 6.31. The van der Waals surface area contributed by atoms with Crippen molar-refractivity contribution in [1.29, 1.82) is 0 Å². The van der Waals surface area contributed by atoms with Crippen molar-refractivity contribution >= 4 is 22.8 Å². The van der Waals surface area contributed by atoms with Crippen LogP contribution in [0, 0.1) is 17.7 Å². The number of nitrogens with zero attached hydrogens (tertiary/aromatic N) is 5. The van der Waals surface area contributed by atoms with Gasteiger partial charge in [-0.15, -0.1) is 0 Å². The Hall–Kier alpha value is -3.23. The molecule has 2 aromatic heterocycles. The third-order valence-corrected chi connectivity index (χ3v) is 8.82. The number of aryl methyl sites for hydroxylation is 1. The number of carbonyl (C=O) groups excluding carboxylic acids is 2. The number of ketones is 1. The fourth-order valence-electron chi connectivity index (χ4n) is 6.55. The van der Waals surface area contributed by atoms with Gasteiger partial charge in [0.25, 0.3) is 0 Å². The van der Waals surface area contributed by atoms with Gasteiger partial charge in [-0.25, -0.2) is 14.2 Å². The Bertz CT molecular complexity index is 1320. The second kappa shape index (κ2) is 11.5. The Labute approximate surface area is 230 Å². The van der Waals surface area contributed by atoms with Gasteiger partial charge in [0.15, 0.2) is 11.6 Å². The van der Waals surface area contributed by atoms with Crippen LogP contribution in [0.5, 0.6) is 0 Å². The average molecular weight is 537 g/mol. The van der Waals surface area contributed by atoms with E-state index in [2.05, 4.69) is 17.0 Å². The van der Waals surface area contributed by atoms with Crippen LogP contribution in [0.2, 0.25) is 0 Å². The van der Waals surface area contributed by atoms with E-state index >= 15 is 4.39 Å². The highest BCUT2D eigenvalue weighted by Crippen LogP contribution is 2.41. The van der Waals surface area contributed by atoms with Crippen LogP contribution in [0.1, 0.15) is 99.1 Å². The first-order valence-corrected chi connectivity index (χ1v) is 14.5. The number of nitrogens with one attached hydrogen (secondary N) is 1. The maximum Gasteiger partial charge on any atom is 0.319 e. The van der Waals surface area contributed by atoms with Crippen LogP contribution in [-0.4, -0.2) is 62.0 Å². The number of fused-ring (bicyclic) bond motifs is 1. The Kier molecular flexibility index (Phi) is 8.05. The summed E-state index contributed by atoms with van der Waals surface area (Å²) in [7, 11) is 3.46. The molecule has 0 spiro atoms. The van der Waals surface area contributed by atoms with Crippen molar-refractivity contribution in [2.75, 3.05) is 20.6 Å². The quantitative estimate of drug-likeness (QED) is 0.359. The van der Waals surface area contributed by atoms with Crippen LogP contribution in [0.15, 0.2) is 24.4 Å². The number of carbonyl (C=O) groups is 2. The summed E-state index contributed by atoms with van der Waals surface area (Å²) >= 11 is 0. The summed E-state index contributed by atoms with van der Waals surface area (Å²) in [5.41, 5.74) is 2.05. The Morgan fingerprint density at radius 1 is 1.13 bits per heavy atom. The van der Waals surface area contributed by atoms with Crippen molar-refractivity contribution in [3.05, 3.63) is 47.3 Å². The largest absolute Gasteiger partial charge is 0.342 e. The summed E-state index contributed by atoms with van der Waals surface area (Å²) in [4.78, 5) is 37.9. The summed E-state index contributed by atoms with van der Waals surface area (Å²) in [5, 5.41) is 4.28. The zero-order valence-corrected chi connectivity index (χ0v) is 23.6. The molecule has 2 amide bonds. The molecule has 3 aromatic rings. The number of hydrogen-bond acceptors (Lipinski definition) is 4. The number of piperidine rings is 1. The lowest BCUT2D eigenvalue weighted by atomic mass is 9.74. The zero-order chi connectivity index (χ0) is 27.7. The van der Waals surface area contributed by atoms with E-state index in [4.69, 9.17) is 4.98 Å². The summed E-state index contributed by atoms with van der Waals surface area (Å²) < 4.78 is 17.9. The van der Waals surface area contributed by atoms with Crippen molar-refractivity contribution in [1.82, 2.24) is 29.5 Å². The molecule has 1 saturated carbocycles. The molecule has 1 unspecified atom stereocenters. The molecule has 1 aromatic carbocycles. The van der Waals surface area contributed by atoms with Crippen molar-refractivity contribution in [3.63, 3.8) is 0 Å². The van der Waals surface area contributed by atoms with E-state index in [0.29, 0.717) is 59.5 Å². The number of aromatic amines is 1. The number of hydrogen-bond donors (Lipinski definition) is 1. The van der Waals surface area contributed by atoms with Gasteiger partial charge in [-0.1, -0.05) is 25.8 Å². The van der Waals surface area contributed by atoms with Crippen molar-refractivity contribution < 1.29 is 14.0 Å². The van der Waals surface area contributed by atoms with Crippen molar-refractivity contribution in [3.8, 4) is 0 Å². The van der Waals surface area contributed by atoms with Gasteiger partial charge < -0.3 is 14.8 Å². The molecular formula is C30H41FN6O2. The van der Waals surface area contributed by atoms with E-state index in [1.165, 1.54) is 0 Å². The minimum absolute atomic E-state index is 0.0413. The molecule has 1 aliphatic carbocycles. The number of halogens is 1. The van der Waals surface area contributed by atoms with Gasteiger partial charge in [-0.05, 0) is 63.0 Å². The molecule has 1 saturated heterocycles. The minimum Gasteiger partial charge on any atom is -0.342 e. The van der Waals surface area contributed by atoms with Gasteiger partial charge in [0.1, 0.15) is 17.0 Å². The molecule has 2 aliphatic rings. The summed E-state index contributed by atoms with van der Waals surface area (Å²) in [6.07, 6.45) is 8.87. The van der Waals surface area contributed by atoms with Crippen LogP contribution < -0.4 is 0 Å². The third kappa shape index (κ3) is 5.45. The van der Waals surface area contributed by atoms with Crippen LogP contribution in [-0.2, 0) is 6.54 Å². The van der Waals surface area contributed by atoms with Crippen molar-refractivity contribution in [2.45, 2.75) is 83.7 Å². The number of H-pyrrole nitrogens is 1. The molecule has 8 nitrogen and oxygen atoms in total. The summed E-state index contributed by atoms with van der Waals surface area (Å²) in [6.45, 7) is 5.50. The topological polar surface area (TPSA) is 87.1 Å². The van der Waals surface area contributed by atoms with Gasteiger partial charge in [0.05, 0.1) is 11.6 Å². The molecule has 2 fully saturated rings. The van der Waals surface area contributed by atoms with Crippen molar-refractivity contribution in [2.24, 2.45) is 11.8 Å².